The first-order valence-corrected chi connectivity index (χ1v) is 11.6. The number of ether oxygens (including phenoxy) is 2. The van der Waals surface area contributed by atoms with Gasteiger partial charge in [-0.3, -0.25) is 4.79 Å². The molecule has 1 aromatic heterocycles. The predicted octanol–water partition coefficient (Wildman–Crippen LogP) is 3.89. The normalized spacial score (nSPS) is 15.3. The zero-order chi connectivity index (χ0) is 23.1. The topological polar surface area (TPSA) is 59.8 Å². The lowest BCUT2D eigenvalue weighted by atomic mass is 10.1. The average molecular weight is 467 g/mol. The van der Waals surface area contributed by atoms with Crippen LogP contribution in [0.15, 0.2) is 36.4 Å². The highest BCUT2D eigenvalue weighted by atomic mass is 35.5. The van der Waals surface area contributed by atoms with Crippen molar-refractivity contribution in [1.29, 1.82) is 0 Å². The van der Waals surface area contributed by atoms with Crippen molar-refractivity contribution < 1.29 is 14.3 Å². The number of carbonyl (C=O) groups excluding carboxylic acids is 1. The summed E-state index contributed by atoms with van der Waals surface area (Å²) in [5, 5.41) is 5.49. The van der Waals surface area contributed by atoms with Gasteiger partial charge in [0, 0.05) is 48.7 Å². The molecule has 2 aromatic carbocycles. The Morgan fingerprint density at radius 2 is 1.70 bits per heavy atom. The summed E-state index contributed by atoms with van der Waals surface area (Å²) in [6, 6.07) is 11.5. The Balaban J connectivity index is 1.61. The number of methoxy groups -OCH3 is 2. The van der Waals surface area contributed by atoms with Crippen LogP contribution in [0, 0.1) is 0 Å². The minimum Gasteiger partial charge on any atom is -0.493 e. The van der Waals surface area contributed by atoms with E-state index in [-0.39, 0.29) is 5.91 Å². The lowest BCUT2D eigenvalue weighted by Gasteiger charge is -2.33. The number of carbonyl (C=O) groups is 1. The quantitative estimate of drug-likeness (QED) is 0.446. The molecule has 7 nitrogen and oxygen atoms in total. The van der Waals surface area contributed by atoms with Crippen molar-refractivity contribution in [3.63, 3.8) is 0 Å². The minimum absolute atomic E-state index is 0.0125. The third-order valence-corrected chi connectivity index (χ3v) is 6.85. The van der Waals surface area contributed by atoms with E-state index in [4.69, 9.17) is 26.2 Å². The third kappa shape index (κ3) is 3.75. The summed E-state index contributed by atoms with van der Waals surface area (Å²) >= 11 is 6.13. The van der Waals surface area contributed by atoms with E-state index in [1.807, 2.05) is 46.0 Å². The Morgan fingerprint density at radius 3 is 2.33 bits per heavy atom. The highest BCUT2D eigenvalue weighted by Gasteiger charge is 2.34. The van der Waals surface area contributed by atoms with Crippen molar-refractivity contribution in [2.45, 2.75) is 13.3 Å². The maximum absolute atomic E-state index is 13.6. The van der Waals surface area contributed by atoms with Gasteiger partial charge >= 0.3 is 0 Å². The Bertz CT molecular complexity index is 1200. The summed E-state index contributed by atoms with van der Waals surface area (Å²) in [5.41, 5.74) is 5.32. The van der Waals surface area contributed by atoms with Gasteiger partial charge in [-0.25, -0.2) is 4.68 Å². The van der Waals surface area contributed by atoms with Gasteiger partial charge in [0.25, 0.3) is 5.91 Å². The molecule has 1 aliphatic carbocycles. The first-order chi connectivity index (χ1) is 16.0. The molecule has 1 saturated heterocycles. The van der Waals surface area contributed by atoms with Crippen molar-refractivity contribution in [2.75, 3.05) is 46.9 Å². The van der Waals surface area contributed by atoms with E-state index in [1.54, 1.807) is 14.2 Å². The summed E-state index contributed by atoms with van der Waals surface area (Å²) in [5.74, 6) is 1.31. The summed E-state index contributed by atoms with van der Waals surface area (Å²) in [7, 11) is 3.26. The van der Waals surface area contributed by atoms with E-state index in [0.717, 1.165) is 47.7 Å². The number of nitrogens with zero attached hydrogens (tertiary/aromatic N) is 4. The predicted molar refractivity (Wildman–Crippen MR) is 128 cm³/mol. The summed E-state index contributed by atoms with van der Waals surface area (Å²) in [6.07, 6.45) is 0.620. The van der Waals surface area contributed by atoms with Gasteiger partial charge in [-0.05, 0) is 48.5 Å². The molecule has 33 heavy (non-hydrogen) atoms. The van der Waals surface area contributed by atoms with Crippen LogP contribution in [0.2, 0.25) is 5.02 Å². The molecule has 1 aliphatic heterocycles. The zero-order valence-corrected chi connectivity index (χ0v) is 19.9. The Morgan fingerprint density at radius 1 is 1.03 bits per heavy atom. The molecule has 172 valence electrons. The minimum atomic E-state index is -0.0125. The third-order valence-electron chi connectivity index (χ3n) is 6.60. The molecule has 0 saturated carbocycles. The molecule has 0 spiro atoms. The summed E-state index contributed by atoms with van der Waals surface area (Å²) < 4.78 is 12.9. The Labute approximate surface area is 198 Å². The fourth-order valence-electron chi connectivity index (χ4n) is 4.73. The lowest BCUT2D eigenvalue weighted by Crippen LogP contribution is -2.48. The number of amides is 1. The number of fused-ring (bicyclic) bond motifs is 3. The Kier molecular flexibility index (Phi) is 5.76. The van der Waals surface area contributed by atoms with Crippen LogP contribution in [0.4, 0.5) is 0 Å². The standard InChI is InChI=1S/C25H27ClN4O3/c1-4-28-9-11-29(12-10-28)25(31)23-20-13-16-14-21(32-2)22(33-3)15-19(16)24(20)30(27-23)18-7-5-17(26)6-8-18/h5-8,14-15H,4,9-13H2,1-3H3. The Hall–Kier alpha value is -3.03. The number of hydrogen-bond donors (Lipinski definition) is 0. The molecular weight excluding hydrogens is 440 g/mol. The van der Waals surface area contributed by atoms with Crippen LogP contribution in [-0.2, 0) is 6.42 Å². The second kappa shape index (κ2) is 8.72. The van der Waals surface area contributed by atoms with Crippen LogP contribution in [0.5, 0.6) is 11.5 Å². The van der Waals surface area contributed by atoms with E-state index in [0.29, 0.717) is 41.7 Å². The van der Waals surface area contributed by atoms with Crippen LogP contribution in [0.3, 0.4) is 0 Å². The zero-order valence-electron chi connectivity index (χ0n) is 19.1. The molecule has 2 aliphatic rings. The number of piperazine rings is 1. The van der Waals surface area contributed by atoms with Crippen LogP contribution >= 0.6 is 11.6 Å². The first kappa shape index (κ1) is 21.8. The fraction of sp³-hybridized carbons (Fsp3) is 0.360. The van der Waals surface area contributed by atoms with Crippen molar-refractivity contribution in [3.05, 3.63) is 58.2 Å². The molecule has 1 amide bonds. The molecular formula is C25H27ClN4O3. The SMILES string of the molecule is CCN1CCN(C(=O)c2nn(-c3ccc(Cl)cc3)c3c2Cc2cc(OC)c(OC)cc2-3)CC1. The van der Waals surface area contributed by atoms with Gasteiger partial charge < -0.3 is 19.3 Å². The highest BCUT2D eigenvalue weighted by molar-refractivity contribution is 6.30. The highest BCUT2D eigenvalue weighted by Crippen LogP contribution is 2.45. The van der Waals surface area contributed by atoms with Crippen LogP contribution in [-0.4, -0.2) is 72.4 Å². The molecule has 0 atom stereocenters. The molecule has 5 rings (SSSR count). The lowest BCUT2D eigenvalue weighted by molar-refractivity contribution is 0.0636. The monoisotopic (exact) mass is 466 g/mol. The molecule has 8 heteroatoms. The van der Waals surface area contributed by atoms with Crippen molar-refractivity contribution in [1.82, 2.24) is 19.6 Å². The van der Waals surface area contributed by atoms with Crippen LogP contribution < -0.4 is 9.47 Å². The van der Waals surface area contributed by atoms with Gasteiger partial charge in [0.15, 0.2) is 17.2 Å². The van der Waals surface area contributed by atoms with E-state index < -0.39 is 0 Å². The number of likely N-dealkylation sites (N-methyl/N-ethyl adjacent to an activating group) is 1. The average Bonchev–Trinajstić information content (AvgIpc) is 3.40. The van der Waals surface area contributed by atoms with Gasteiger partial charge in [-0.15, -0.1) is 0 Å². The van der Waals surface area contributed by atoms with Gasteiger partial charge in [-0.1, -0.05) is 18.5 Å². The fourth-order valence-corrected chi connectivity index (χ4v) is 4.86. The van der Waals surface area contributed by atoms with E-state index in [2.05, 4.69) is 11.8 Å². The van der Waals surface area contributed by atoms with E-state index in [1.165, 1.54) is 0 Å². The second-order valence-corrected chi connectivity index (χ2v) is 8.77. The molecule has 3 aromatic rings. The van der Waals surface area contributed by atoms with Crippen molar-refractivity contribution in [2.24, 2.45) is 0 Å². The van der Waals surface area contributed by atoms with Gasteiger partial charge in [0.05, 0.1) is 25.6 Å². The number of rotatable bonds is 5. The molecule has 0 bridgehead atoms. The number of benzene rings is 2. The van der Waals surface area contributed by atoms with Crippen LogP contribution in [0.25, 0.3) is 16.9 Å². The molecule has 0 radical (unpaired) electrons. The second-order valence-electron chi connectivity index (χ2n) is 8.33. The van der Waals surface area contributed by atoms with Gasteiger partial charge in [0.2, 0.25) is 0 Å². The maximum Gasteiger partial charge on any atom is 0.274 e. The van der Waals surface area contributed by atoms with Gasteiger partial charge in [0.1, 0.15) is 0 Å². The maximum atomic E-state index is 13.6. The van der Waals surface area contributed by atoms with E-state index in [9.17, 15) is 4.79 Å². The number of aromatic nitrogens is 2. The molecule has 2 heterocycles. The first-order valence-electron chi connectivity index (χ1n) is 11.2. The number of hydrogen-bond acceptors (Lipinski definition) is 5. The molecule has 0 N–H and O–H groups in total. The largest absolute Gasteiger partial charge is 0.493 e. The smallest absolute Gasteiger partial charge is 0.274 e. The van der Waals surface area contributed by atoms with Gasteiger partial charge in [-0.2, -0.15) is 5.10 Å². The molecule has 1 fully saturated rings. The van der Waals surface area contributed by atoms with Crippen molar-refractivity contribution in [3.8, 4) is 28.4 Å². The summed E-state index contributed by atoms with van der Waals surface area (Å²) in [4.78, 5) is 17.9. The van der Waals surface area contributed by atoms with E-state index >= 15 is 0 Å². The number of halogens is 1. The van der Waals surface area contributed by atoms with Crippen molar-refractivity contribution >= 4 is 17.5 Å². The van der Waals surface area contributed by atoms with Crippen LogP contribution in [0.1, 0.15) is 28.5 Å². The molecule has 0 unspecified atom stereocenters. The summed E-state index contributed by atoms with van der Waals surface area (Å²) in [6.45, 7) is 6.35.